The van der Waals surface area contributed by atoms with Crippen molar-refractivity contribution < 1.29 is 4.79 Å². The van der Waals surface area contributed by atoms with Gasteiger partial charge >= 0.3 is 0 Å². The Bertz CT molecular complexity index is 634. The molecule has 2 aromatic carbocycles. The molecule has 0 heterocycles. The van der Waals surface area contributed by atoms with E-state index in [9.17, 15) is 4.79 Å². The van der Waals surface area contributed by atoms with Crippen LogP contribution in [-0.4, -0.2) is 22.9 Å². The van der Waals surface area contributed by atoms with E-state index in [1.54, 1.807) is 11.8 Å². The number of rotatable bonds is 8. The molecule has 0 aliphatic rings. The molecule has 2 rings (SSSR count). The molecule has 0 saturated heterocycles. The highest BCUT2D eigenvalue weighted by Crippen LogP contribution is 2.37. The molecule has 0 fully saturated rings. The maximum Gasteiger partial charge on any atom is 0.241 e. The molecule has 0 N–H and O–H groups in total. The van der Waals surface area contributed by atoms with Crippen molar-refractivity contribution in [3.05, 3.63) is 66.2 Å². The van der Waals surface area contributed by atoms with Crippen LogP contribution in [0.25, 0.3) is 0 Å². The highest BCUT2D eigenvalue weighted by Gasteiger charge is 2.31. The van der Waals surface area contributed by atoms with Crippen LogP contribution in [-0.2, 0) is 4.79 Å². The molecular formula is C22H29NOS. The van der Waals surface area contributed by atoms with Gasteiger partial charge in [-0.15, -0.1) is 11.8 Å². The van der Waals surface area contributed by atoms with E-state index >= 15 is 0 Å². The molecule has 0 bridgehead atoms. The molecule has 2 aromatic rings. The smallest absolute Gasteiger partial charge is 0.241 e. The molecular weight excluding hydrogens is 326 g/mol. The Morgan fingerprint density at radius 2 is 1.36 bits per heavy atom. The predicted octanol–water partition coefficient (Wildman–Crippen LogP) is 5.95. The second kappa shape index (κ2) is 9.67. The second-order valence-electron chi connectivity index (χ2n) is 6.48. The van der Waals surface area contributed by atoms with Gasteiger partial charge in [0.1, 0.15) is 5.25 Å². The van der Waals surface area contributed by atoms with Crippen LogP contribution in [0, 0.1) is 0 Å². The number of thioether (sulfide) groups is 1. The maximum atomic E-state index is 13.6. The summed E-state index contributed by atoms with van der Waals surface area (Å²) in [4.78, 5) is 16.8. The van der Waals surface area contributed by atoms with Crippen LogP contribution in [0.2, 0.25) is 0 Å². The van der Waals surface area contributed by atoms with Crippen molar-refractivity contribution in [2.75, 3.05) is 0 Å². The van der Waals surface area contributed by atoms with Crippen molar-refractivity contribution in [2.45, 2.75) is 62.8 Å². The van der Waals surface area contributed by atoms with Crippen LogP contribution in [0.15, 0.2) is 65.6 Å². The molecule has 0 aliphatic carbocycles. The average molecular weight is 356 g/mol. The van der Waals surface area contributed by atoms with E-state index in [0.29, 0.717) is 0 Å². The lowest BCUT2D eigenvalue weighted by Gasteiger charge is -2.36. The molecule has 0 saturated carbocycles. The lowest BCUT2D eigenvalue weighted by atomic mass is 10.1. The van der Waals surface area contributed by atoms with Gasteiger partial charge in [-0.25, -0.2) is 0 Å². The van der Waals surface area contributed by atoms with Crippen molar-refractivity contribution in [1.82, 2.24) is 4.90 Å². The Labute approximate surface area is 156 Å². The summed E-state index contributed by atoms with van der Waals surface area (Å²) in [7, 11) is 0. The summed E-state index contributed by atoms with van der Waals surface area (Å²) >= 11 is 1.64. The molecule has 0 aromatic heterocycles. The van der Waals surface area contributed by atoms with Gasteiger partial charge in [0.25, 0.3) is 0 Å². The van der Waals surface area contributed by atoms with Gasteiger partial charge < -0.3 is 4.90 Å². The van der Waals surface area contributed by atoms with Crippen molar-refractivity contribution >= 4 is 17.7 Å². The first-order chi connectivity index (χ1) is 12.1. The van der Waals surface area contributed by atoms with Gasteiger partial charge in [0.05, 0.1) is 0 Å². The zero-order valence-electron chi connectivity index (χ0n) is 15.7. The normalized spacial score (nSPS) is 14.6. The minimum atomic E-state index is -0.216. The third kappa shape index (κ3) is 5.12. The summed E-state index contributed by atoms with van der Waals surface area (Å²) < 4.78 is 0. The van der Waals surface area contributed by atoms with Crippen LogP contribution in [0.1, 0.15) is 51.3 Å². The number of hydrogen-bond donors (Lipinski definition) is 0. The zero-order valence-corrected chi connectivity index (χ0v) is 16.5. The Hall–Kier alpha value is -1.74. The van der Waals surface area contributed by atoms with Crippen molar-refractivity contribution in [1.29, 1.82) is 0 Å². The van der Waals surface area contributed by atoms with Gasteiger partial charge in [-0.05, 0) is 44.4 Å². The summed E-state index contributed by atoms with van der Waals surface area (Å²) in [5.74, 6) is 0.212. The SMILES string of the molecule is CCC(C)N(C(=O)C(Sc1ccccc1)c1ccccc1)C(C)CC. The van der Waals surface area contributed by atoms with Crippen molar-refractivity contribution in [3.8, 4) is 0 Å². The van der Waals surface area contributed by atoms with Gasteiger partial charge in [0, 0.05) is 17.0 Å². The number of carbonyl (C=O) groups is 1. The maximum absolute atomic E-state index is 13.6. The summed E-state index contributed by atoms with van der Waals surface area (Å²) in [5.41, 5.74) is 1.07. The summed E-state index contributed by atoms with van der Waals surface area (Å²) in [6.07, 6.45) is 1.93. The number of carbonyl (C=O) groups excluding carboxylic acids is 1. The summed E-state index contributed by atoms with van der Waals surface area (Å²) in [5, 5.41) is -0.216. The monoisotopic (exact) mass is 355 g/mol. The molecule has 0 aliphatic heterocycles. The third-order valence-corrected chi connectivity index (χ3v) is 5.96. The van der Waals surface area contributed by atoms with Crippen LogP contribution in [0.3, 0.4) is 0 Å². The van der Waals surface area contributed by atoms with Gasteiger partial charge in [-0.1, -0.05) is 62.4 Å². The fourth-order valence-electron chi connectivity index (χ4n) is 2.92. The molecule has 3 unspecified atom stereocenters. The first-order valence-corrected chi connectivity index (χ1v) is 10.0. The van der Waals surface area contributed by atoms with Gasteiger partial charge in [-0.3, -0.25) is 4.79 Å². The zero-order chi connectivity index (χ0) is 18.2. The quantitative estimate of drug-likeness (QED) is 0.546. The molecule has 3 heteroatoms. The molecule has 0 spiro atoms. The Morgan fingerprint density at radius 1 is 0.880 bits per heavy atom. The largest absolute Gasteiger partial charge is 0.336 e. The topological polar surface area (TPSA) is 20.3 Å². The Morgan fingerprint density at radius 3 is 1.84 bits per heavy atom. The minimum Gasteiger partial charge on any atom is -0.336 e. The summed E-state index contributed by atoms with van der Waals surface area (Å²) in [6, 6.07) is 20.8. The van der Waals surface area contributed by atoms with Crippen LogP contribution in [0.5, 0.6) is 0 Å². The van der Waals surface area contributed by atoms with E-state index in [-0.39, 0.29) is 23.2 Å². The van der Waals surface area contributed by atoms with Crippen LogP contribution < -0.4 is 0 Å². The first kappa shape index (κ1) is 19.6. The number of nitrogens with zero attached hydrogens (tertiary/aromatic N) is 1. The predicted molar refractivity (Wildman–Crippen MR) is 108 cm³/mol. The van der Waals surface area contributed by atoms with Gasteiger partial charge in [0.15, 0.2) is 0 Å². The number of hydrogen-bond acceptors (Lipinski definition) is 2. The number of amides is 1. The van der Waals surface area contributed by atoms with E-state index < -0.39 is 0 Å². The summed E-state index contributed by atoms with van der Waals surface area (Å²) in [6.45, 7) is 8.60. The lowest BCUT2D eigenvalue weighted by molar-refractivity contribution is -0.135. The highest BCUT2D eigenvalue weighted by atomic mass is 32.2. The van der Waals surface area contributed by atoms with Crippen molar-refractivity contribution in [3.63, 3.8) is 0 Å². The van der Waals surface area contributed by atoms with E-state index in [2.05, 4.69) is 56.9 Å². The van der Waals surface area contributed by atoms with Gasteiger partial charge in [0.2, 0.25) is 5.91 Å². The Kier molecular flexibility index (Phi) is 7.57. The molecule has 1 amide bonds. The second-order valence-corrected chi connectivity index (χ2v) is 7.66. The van der Waals surface area contributed by atoms with Gasteiger partial charge in [-0.2, -0.15) is 0 Å². The fourth-order valence-corrected chi connectivity index (χ4v) is 4.02. The third-order valence-electron chi connectivity index (χ3n) is 4.71. The van der Waals surface area contributed by atoms with Crippen LogP contribution >= 0.6 is 11.8 Å². The molecule has 3 atom stereocenters. The minimum absolute atomic E-state index is 0.212. The Balaban J connectivity index is 2.37. The van der Waals surface area contributed by atoms with Crippen LogP contribution in [0.4, 0.5) is 0 Å². The van der Waals surface area contributed by atoms with Crippen molar-refractivity contribution in [2.24, 2.45) is 0 Å². The van der Waals surface area contributed by atoms with E-state index in [4.69, 9.17) is 0 Å². The van der Waals surface area contributed by atoms with E-state index in [1.807, 2.05) is 36.4 Å². The lowest BCUT2D eigenvalue weighted by Crippen LogP contribution is -2.46. The molecule has 0 radical (unpaired) electrons. The fraction of sp³-hybridized carbons (Fsp3) is 0.409. The highest BCUT2D eigenvalue weighted by molar-refractivity contribution is 8.00. The molecule has 134 valence electrons. The van der Waals surface area contributed by atoms with E-state index in [0.717, 1.165) is 23.3 Å². The van der Waals surface area contributed by atoms with E-state index in [1.165, 1.54) is 0 Å². The first-order valence-electron chi connectivity index (χ1n) is 9.17. The standard InChI is InChI=1S/C22H29NOS/c1-5-17(3)23(18(4)6-2)22(24)21(19-13-9-7-10-14-19)25-20-15-11-8-12-16-20/h7-18,21H,5-6H2,1-4H3. The molecule has 25 heavy (non-hydrogen) atoms. The molecule has 2 nitrogen and oxygen atoms in total. The average Bonchev–Trinajstić information content (AvgIpc) is 2.67. The number of benzene rings is 2.